The molecule has 2 nitrogen and oxygen atoms in total. The number of nitrogens with two attached hydrogens (primary N) is 1. The minimum Gasteiger partial charge on any atom is -0.497 e. The molecule has 0 unspecified atom stereocenters. The molecule has 0 atom stereocenters. The van der Waals surface area contributed by atoms with Crippen LogP contribution in [-0.4, -0.2) is 7.11 Å². The average molecular weight is 280 g/mol. The Morgan fingerprint density at radius 3 is 2.56 bits per heavy atom. The van der Waals surface area contributed by atoms with E-state index >= 15 is 0 Å². The van der Waals surface area contributed by atoms with E-state index in [1.54, 1.807) is 24.9 Å². The van der Waals surface area contributed by atoms with Crippen molar-refractivity contribution in [3.63, 3.8) is 0 Å². The van der Waals surface area contributed by atoms with Crippen LogP contribution in [0.3, 0.4) is 0 Å². The Morgan fingerprint density at radius 2 is 1.89 bits per heavy atom. The van der Waals surface area contributed by atoms with Gasteiger partial charge in [0.05, 0.1) is 12.1 Å². The Hall–Kier alpha value is -1.32. The van der Waals surface area contributed by atoms with Gasteiger partial charge in [0.25, 0.3) is 0 Å². The Bertz CT molecular complexity index is 528. The maximum atomic E-state index is 6.11. The summed E-state index contributed by atoms with van der Waals surface area (Å²) in [6, 6.07) is 13.5. The molecule has 0 aliphatic carbocycles. The molecule has 2 aromatic carbocycles. The topological polar surface area (TPSA) is 35.2 Å². The van der Waals surface area contributed by atoms with E-state index in [0.717, 1.165) is 27.1 Å². The van der Waals surface area contributed by atoms with Crippen molar-refractivity contribution in [3.05, 3.63) is 53.1 Å². The van der Waals surface area contributed by atoms with Crippen LogP contribution >= 0.6 is 23.4 Å². The summed E-state index contributed by atoms with van der Waals surface area (Å²) in [6.45, 7) is 0. The Labute approximate surface area is 116 Å². The third kappa shape index (κ3) is 3.34. The standard InChI is InChI=1S/C14H14ClNOS/c1-17-12-5-2-10(3-6-12)9-18-14-8-11(16)4-7-13(14)15/h2-8H,9,16H2,1H3. The highest BCUT2D eigenvalue weighted by molar-refractivity contribution is 7.98. The second kappa shape index (κ2) is 6.03. The number of benzene rings is 2. The zero-order valence-electron chi connectivity index (χ0n) is 10.0. The van der Waals surface area contributed by atoms with Crippen molar-refractivity contribution in [3.8, 4) is 5.75 Å². The highest BCUT2D eigenvalue weighted by Gasteiger charge is 2.02. The van der Waals surface area contributed by atoms with E-state index in [1.807, 2.05) is 36.4 Å². The second-order valence-electron chi connectivity index (χ2n) is 3.83. The lowest BCUT2D eigenvalue weighted by molar-refractivity contribution is 0.414. The fourth-order valence-corrected chi connectivity index (χ4v) is 2.73. The lowest BCUT2D eigenvalue weighted by Gasteiger charge is -2.06. The summed E-state index contributed by atoms with van der Waals surface area (Å²) < 4.78 is 5.12. The number of hydrogen-bond donors (Lipinski definition) is 1. The van der Waals surface area contributed by atoms with Crippen molar-refractivity contribution in [1.29, 1.82) is 0 Å². The van der Waals surface area contributed by atoms with Crippen molar-refractivity contribution < 1.29 is 4.74 Å². The molecule has 0 saturated heterocycles. The van der Waals surface area contributed by atoms with Gasteiger partial charge in [-0.1, -0.05) is 23.7 Å². The number of hydrogen-bond acceptors (Lipinski definition) is 3. The van der Waals surface area contributed by atoms with E-state index in [4.69, 9.17) is 22.1 Å². The van der Waals surface area contributed by atoms with Gasteiger partial charge < -0.3 is 10.5 Å². The van der Waals surface area contributed by atoms with Crippen LogP contribution in [0, 0.1) is 0 Å². The van der Waals surface area contributed by atoms with Gasteiger partial charge in [0.15, 0.2) is 0 Å². The van der Waals surface area contributed by atoms with Crippen molar-refractivity contribution >= 4 is 29.1 Å². The number of methoxy groups -OCH3 is 1. The minimum absolute atomic E-state index is 0.733. The van der Waals surface area contributed by atoms with E-state index in [2.05, 4.69) is 0 Å². The molecule has 0 bridgehead atoms. The van der Waals surface area contributed by atoms with Gasteiger partial charge in [-0.3, -0.25) is 0 Å². The van der Waals surface area contributed by atoms with Crippen molar-refractivity contribution in [2.24, 2.45) is 0 Å². The summed E-state index contributed by atoms with van der Waals surface area (Å²) >= 11 is 7.79. The van der Waals surface area contributed by atoms with Gasteiger partial charge in [0.1, 0.15) is 5.75 Å². The molecule has 0 amide bonds. The first-order valence-electron chi connectivity index (χ1n) is 5.50. The van der Waals surface area contributed by atoms with Gasteiger partial charge in [0, 0.05) is 16.3 Å². The maximum Gasteiger partial charge on any atom is 0.118 e. The van der Waals surface area contributed by atoms with Crippen LogP contribution in [0.4, 0.5) is 5.69 Å². The quantitative estimate of drug-likeness (QED) is 0.672. The first-order chi connectivity index (χ1) is 8.69. The molecule has 0 aromatic heterocycles. The molecule has 94 valence electrons. The molecule has 0 radical (unpaired) electrons. The maximum absolute atomic E-state index is 6.11. The van der Waals surface area contributed by atoms with Gasteiger partial charge >= 0.3 is 0 Å². The summed E-state index contributed by atoms with van der Waals surface area (Å²) in [7, 11) is 1.66. The molecule has 2 N–H and O–H groups in total. The van der Waals surface area contributed by atoms with E-state index in [9.17, 15) is 0 Å². The predicted molar refractivity (Wildman–Crippen MR) is 78.4 cm³/mol. The fourth-order valence-electron chi connectivity index (χ4n) is 1.51. The van der Waals surface area contributed by atoms with Crippen LogP contribution in [0.5, 0.6) is 5.75 Å². The average Bonchev–Trinajstić information content (AvgIpc) is 2.40. The van der Waals surface area contributed by atoms with E-state index in [0.29, 0.717) is 0 Å². The smallest absolute Gasteiger partial charge is 0.118 e. The molecule has 0 fully saturated rings. The highest BCUT2D eigenvalue weighted by atomic mass is 35.5. The highest BCUT2D eigenvalue weighted by Crippen LogP contribution is 2.31. The third-order valence-corrected chi connectivity index (χ3v) is 4.08. The SMILES string of the molecule is COc1ccc(CSc2cc(N)ccc2Cl)cc1. The molecular formula is C14H14ClNOS. The molecule has 0 aliphatic heterocycles. The largest absolute Gasteiger partial charge is 0.497 e. The van der Waals surface area contributed by atoms with Crippen molar-refractivity contribution in [2.45, 2.75) is 10.6 Å². The van der Waals surface area contributed by atoms with Crippen LogP contribution in [0.25, 0.3) is 0 Å². The van der Waals surface area contributed by atoms with Crippen molar-refractivity contribution in [2.75, 3.05) is 12.8 Å². The predicted octanol–water partition coefficient (Wildman–Crippen LogP) is 4.22. The molecule has 0 heterocycles. The van der Waals surface area contributed by atoms with Gasteiger partial charge in [0.2, 0.25) is 0 Å². The van der Waals surface area contributed by atoms with Crippen LogP contribution < -0.4 is 10.5 Å². The number of rotatable bonds is 4. The number of nitrogen functional groups attached to an aromatic ring is 1. The van der Waals surface area contributed by atoms with Gasteiger partial charge in [-0.15, -0.1) is 11.8 Å². The molecule has 18 heavy (non-hydrogen) atoms. The summed E-state index contributed by atoms with van der Waals surface area (Å²) in [5.41, 5.74) is 7.70. The number of halogens is 1. The molecular weight excluding hydrogens is 266 g/mol. The Morgan fingerprint density at radius 1 is 1.17 bits per heavy atom. The van der Waals surface area contributed by atoms with Crippen LogP contribution in [0.1, 0.15) is 5.56 Å². The van der Waals surface area contributed by atoms with E-state index in [1.165, 1.54) is 5.56 Å². The Balaban J connectivity index is 2.04. The molecule has 0 spiro atoms. The number of anilines is 1. The lowest BCUT2D eigenvalue weighted by atomic mass is 10.2. The zero-order chi connectivity index (χ0) is 13.0. The van der Waals surface area contributed by atoms with Crippen LogP contribution in [-0.2, 0) is 5.75 Å². The third-order valence-electron chi connectivity index (χ3n) is 2.51. The van der Waals surface area contributed by atoms with Gasteiger partial charge in [-0.2, -0.15) is 0 Å². The minimum atomic E-state index is 0.733. The van der Waals surface area contributed by atoms with Crippen molar-refractivity contribution in [1.82, 2.24) is 0 Å². The van der Waals surface area contributed by atoms with Crippen LogP contribution in [0.2, 0.25) is 5.02 Å². The molecule has 4 heteroatoms. The number of ether oxygens (including phenoxy) is 1. The lowest BCUT2D eigenvalue weighted by Crippen LogP contribution is -1.87. The zero-order valence-corrected chi connectivity index (χ0v) is 11.6. The van der Waals surface area contributed by atoms with Gasteiger partial charge in [-0.25, -0.2) is 0 Å². The first kappa shape index (κ1) is 13.1. The summed E-state index contributed by atoms with van der Waals surface area (Å²) in [5.74, 6) is 1.72. The fraction of sp³-hybridized carbons (Fsp3) is 0.143. The first-order valence-corrected chi connectivity index (χ1v) is 6.86. The monoisotopic (exact) mass is 279 g/mol. The van der Waals surface area contributed by atoms with E-state index < -0.39 is 0 Å². The Kier molecular flexibility index (Phi) is 4.39. The van der Waals surface area contributed by atoms with Gasteiger partial charge in [-0.05, 0) is 35.9 Å². The second-order valence-corrected chi connectivity index (χ2v) is 5.25. The summed E-state index contributed by atoms with van der Waals surface area (Å²) in [4.78, 5) is 1.01. The normalized spacial score (nSPS) is 10.3. The summed E-state index contributed by atoms with van der Waals surface area (Å²) in [5, 5.41) is 0.739. The molecule has 0 saturated carbocycles. The molecule has 2 rings (SSSR count). The number of thioether (sulfide) groups is 1. The summed E-state index contributed by atoms with van der Waals surface area (Å²) in [6.07, 6.45) is 0. The van der Waals surface area contributed by atoms with E-state index in [-0.39, 0.29) is 0 Å². The molecule has 2 aromatic rings. The molecule has 0 aliphatic rings. The van der Waals surface area contributed by atoms with Crippen LogP contribution in [0.15, 0.2) is 47.4 Å².